The van der Waals surface area contributed by atoms with Crippen LogP contribution in [0.5, 0.6) is 11.5 Å². The van der Waals surface area contributed by atoms with Gasteiger partial charge >= 0.3 is 0 Å². The van der Waals surface area contributed by atoms with E-state index in [0.717, 1.165) is 16.7 Å². The summed E-state index contributed by atoms with van der Waals surface area (Å²) >= 11 is 6.72. The Labute approximate surface area is 165 Å². The molecule has 3 rings (SSSR count). The van der Waals surface area contributed by atoms with Crippen LogP contribution >= 0.6 is 23.4 Å². The molecule has 0 bridgehead atoms. The summed E-state index contributed by atoms with van der Waals surface area (Å²) in [6.07, 6.45) is 3.71. The van der Waals surface area contributed by atoms with E-state index in [4.69, 9.17) is 16.3 Å². The molecule has 1 aliphatic rings. The summed E-state index contributed by atoms with van der Waals surface area (Å²) in [7, 11) is 1.45. The van der Waals surface area contributed by atoms with Gasteiger partial charge in [-0.3, -0.25) is 9.59 Å². The van der Waals surface area contributed by atoms with Crippen molar-refractivity contribution in [3.05, 3.63) is 70.1 Å². The van der Waals surface area contributed by atoms with Crippen molar-refractivity contribution < 1.29 is 19.4 Å². The number of aromatic hydroxyl groups is 1. The van der Waals surface area contributed by atoms with E-state index in [1.54, 1.807) is 48.6 Å². The lowest BCUT2D eigenvalue weighted by molar-refractivity contribution is -0.113. The Bertz CT molecular complexity index is 953. The predicted molar refractivity (Wildman–Crippen MR) is 108 cm³/mol. The molecule has 1 N–H and O–H groups in total. The average molecular weight is 402 g/mol. The molecule has 138 valence electrons. The lowest BCUT2D eigenvalue weighted by Crippen LogP contribution is -2.27. The Kier molecular flexibility index (Phi) is 5.58. The summed E-state index contributed by atoms with van der Waals surface area (Å²) in [6, 6.07) is 9.82. The van der Waals surface area contributed by atoms with Crippen LogP contribution in [0.1, 0.15) is 11.1 Å². The molecule has 2 aromatic carbocycles. The summed E-state index contributed by atoms with van der Waals surface area (Å²) in [6.45, 7) is 3.67. The van der Waals surface area contributed by atoms with Crippen LogP contribution in [-0.4, -0.2) is 23.4 Å². The monoisotopic (exact) mass is 401 g/mol. The first-order chi connectivity index (χ1) is 12.9. The lowest BCUT2D eigenvalue weighted by Gasteiger charge is -2.12. The van der Waals surface area contributed by atoms with Crippen molar-refractivity contribution in [3.8, 4) is 11.5 Å². The molecule has 0 aliphatic carbocycles. The number of amides is 2. The maximum absolute atomic E-state index is 12.7. The van der Waals surface area contributed by atoms with Crippen molar-refractivity contribution in [2.24, 2.45) is 0 Å². The third-order valence-corrected chi connectivity index (χ3v) is 5.06. The van der Waals surface area contributed by atoms with Gasteiger partial charge in [-0.05, 0) is 66.2 Å². The minimum atomic E-state index is -0.412. The van der Waals surface area contributed by atoms with E-state index >= 15 is 0 Å². The number of rotatable bonds is 5. The number of methoxy groups -OCH3 is 1. The van der Waals surface area contributed by atoms with Crippen molar-refractivity contribution >= 4 is 46.3 Å². The van der Waals surface area contributed by atoms with Crippen LogP contribution in [0.2, 0.25) is 5.02 Å². The van der Waals surface area contributed by atoms with E-state index < -0.39 is 5.91 Å². The van der Waals surface area contributed by atoms with Crippen LogP contribution in [0.25, 0.3) is 6.08 Å². The number of benzene rings is 2. The molecule has 5 nitrogen and oxygen atoms in total. The number of anilines is 1. The number of phenols is 1. The summed E-state index contributed by atoms with van der Waals surface area (Å²) in [5, 5.41) is 10.3. The predicted octanol–water partition coefficient (Wildman–Crippen LogP) is 5.02. The van der Waals surface area contributed by atoms with Gasteiger partial charge in [0.15, 0.2) is 11.5 Å². The van der Waals surface area contributed by atoms with Gasteiger partial charge in [0.1, 0.15) is 0 Å². The van der Waals surface area contributed by atoms with Gasteiger partial charge in [0.05, 0.1) is 17.7 Å². The van der Waals surface area contributed by atoms with Gasteiger partial charge in [0, 0.05) is 10.6 Å². The highest BCUT2D eigenvalue weighted by Gasteiger charge is 2.36. The molecule has 1 aliphatic heterocycles. The van der Waals surface area contributed by atoms with Crippen LogP contribution in [0.4, 0.5) is 10.5 Å². The summed E-state index contributed by atoms with van der Waals surface area (Å²) in [4.78, 5) is 26.4. The number of phenolic OH excluding ortho intramolecular Hbond substituents is 1. The molecule has 7 heteroatoms. The number of nitrogens with zero attached hydrogens (tertiary/aromatic N) is 1. The van der Waals surface area contributed by atoms with Crippen molar-refractivity contribution in [2.45, 2.75) is 6.42 Å². The van der Waals surface area contributed by atoms with Crippen molar-refractivity contribution in [1.82, 2.24) is 0 Å². The first kappa shape index (κ1) is 19.1. The Morgan fingerprint density at radius 2 is 1.96 bits per heavy atom. The van der Waals surface area contributed by atoms with Crippen LogP contribution in [0.15, 0.2) is 54.0 Å². The number of carbonyl (C=O) groups excluding carboxylic acids is 2. The van der Waals surface area contributed by atoms with Gasteiger partial charge in [0.2, 0.25) is 0 Å². The molecule has 0 aromatic heterocycles. The van der Waals surface area contributed by atoms with Crippen LogP contribution in [0, 0.1) is 0 Å². The smallest absolute Gasteiger partial charge is 0.298 e. The number of hydrogen-bond acceptors (Lipinski definition) is 5. The molecule has 27 heavy (non-hydrogen) atoms. The van der Waals surface area contributed by atoms with Crippen LogP contribution < -0.4 is 9.64 Å². The summed E-state index contributed by atoms with van der Waals surface area (Å²) in [5.41, 5.74) is 1.72. The van der Waals surface area contributed by atoms with Crippen molar-refractivity contribution in [1.29, 1.82) is 0 Å². The highest BCUT2D eigenvalue weighted by Crippen LogP contribution is 2.38. The average Bonchev–Trinajstić information content (AvgIpc) is 2.92. The molecule has 2 aromatic rings. The zero-order chi connectivity index (χ0) is 19.6. The first-order valence-corrected chi connectivity index (χ1v) is 9.18. The van der Waals surface area contributed by atoms with E-state index in [9.17, 15) is 14.7 Å². The third kappa shape index (κ3) is 3.86. The number of thioether (sulfide) groups is 1. The number of allylic oxidation sites excluding steroid dienone is 1. The van der Waals surface area contributed by atoms with Gasteiger partial charge in [-0.2, -0.15) is 0 Å². The van der Waals surface area contributed by atoms with Gasteiger partial charge < -0.3 is 9.84 Å². The molecule has 1 heterocycles. The Balaban J connectivity index is 1.97. The maximum Gasteiger partial charge on any atom is 0.298 e. The first-order valence-electron chi connectivity index (χ1n) is 7.99. The van der Waals surface area contributed by atoms with Crippen LogP contribution in [-0.2, 0) is 11.2 Å². The Hall–Kier alpha value is -2.70. The molecule has 2 amide bonds. The normalized spacial score (nSPS) is 15.5. The molecule has 0 unspecified atom stereocenters. The maximum atomic E-state index is 12.7. The zero-order valence-corrected chi connectivity index (χ0v) is 16.0. The highest BCUT2D eigenvalue weighted by atomic mass is 35.5. The quantitative estimate of drug-likeness (QED) is 0.562. The number of imide groups is 1. The van der Waals surface area contributed by atoms with E-state index in [0.29, 0.717) is 28.3 Å². The molecule has 0 radical (unpaired) electrons. The van der Waals surface area contributed by atoms with E-state index in [2.05, 4.69) is 6.58 Å². The summed E-state index contributed by atoms with van der Waals surface area (Å²) in [5.74, 6) is -0.0917. The second-order valence-corrected chi connectivity index (χ2v) is 7.15. The zero-order valence-electron chi connectivity index (χ0n) is 14.4. The second kappa shape index (κ2) is 7.90. The molecule has 0 saturated carbocycles. The van der Waals surface area contributed by atoms with Gasteiger partial charge in [0.25, 0.3) is 11.1 Å². The molecule has 0 spiro atoms. The minimum Gasteiger partial charge on any atom is -0.504 e. The fraction of sp³-hybridized carbons (Fsp3) is 0.100. The van der Waals surface area contributed by atoms with Crippen LogP contribution in [0.3, 0.4) is 0 Å². The number of carbonyl (C=O) groups is 2. The van der Waals surface area contributed by atoms with E-state index in [-0.39, 0.29) is 21.6 Å². The topological polar surface area (TPSA) is 66.8 Å². The molecule has 1 fully saturated rings. The Morgan fingerprint density at radius 1 is 1.26 bits per heavy atom. The van der Waals surface area contributed by atoms with Crippen molar-refractivity contribution in [2.75, 3.05) is 12.0 Å². The fourth-order valence-corrected chi connectivity index (χ4v) is 3.64. The molecular formula is C20H16ClNO4S. The third-order valence-electron chi connectivity index (χ3n) is 3.94. The fourth-order valence-electron chi connectivity index (χ4n) is 2.67. The largest absolute Gasteiger partial charge is 0.504 e. The second-order valence-electron chi connectivity index (χ2n) is 5.72. The minimum absolute atomic E-state index is 0.0313. The van der Waals surface area contributed by atoms with E-state index in [1.807, 2.05) is 0 Å². The summed E-state index contributed by atoms with van der Waals surface area (Å²) < 4.78 is 5.19. The number of ether oxygens (including phenoxy) is 1. The lowest BCUT2D eigenvalue weighted by atomic mass is 10.1. The van der Waals surface area contributed by atoms with Gasteiger partial charge in [-0.25, -0.2) is 4.90 Å². The van der Waals surface area contributed by atoms with Gasteiger partial charge in [-0.1, -0.05) is 17.7 Å². The molecule has 0 atom stereocenters. The molecular weight excluding hydrogens is 386 g/mol. The van der Waals surface area contributed by atoms with Gasteiger partial charge in [-0.15, -0.1) is 6.58 Å². The highest BCUT2D eigenvalue weighted by molar-refractivity contribution is 8.19. The number of hydrogen-bond donors (Lipinski definition) is 1. The standard InChI is InChI=1S/C20H16ClNO4S/c1-3-4-13-9-12(10-16(26-2)18(13)23)11-17-19(24)22(20(25)27-17)15-7-5-14(21)6-8-15/h3,5-11,23H,1,4H2,2H3/b17-11+. The molecule has 1 saturated heterocycles. The Morgan fingerprint density at radius 3 is 2.59 bits per heavy atom. The SMILES string of the molecule is C=CCc1cc(/C=C2/SC(=O)N(c3ccc(Cl)cc3)C2=O)cc(OC)c1O. The number of halogens is 1. The van der Waals surface area contributed by atoms with Crippen molar-refractivity contribution in [3.63, 3.8) is 0 Å². The van der Waals surface area contributed by atoms with E-state index in [1.165, 1.54) is 7.11 Å².